The number of amides is 3. The SMILES string of the molecule is CC#CC[N+]1=C(Br)N=C2C1C(=O)N(Cc1nc(C)c3ccccc3n1)C(=O)N2C. The average molecular weight is 454 g/mol. The molecular weight excluding hydrogens is 436 g/mol. The van der Waals surface area contributed by atoms with E-state index in [1.54, 1.807) is 18.5 Å². The van der Waals surface area contributed by atoms with Crippen LogP contribution in [-0.4, -0.2) is 66.5 Å². The second kappa shape index (κ2) is 7.37. The molecular formula is C20H18BrN6O2+. The summed E-state index contributed by atoms with van der Waals surface area (Å²) in [5, 5.41) is 0.942. The first-order valence-electron chi connectivity index (χ1n) is 9.01. The number of likely N-dealkylation sites (N-methyl/N-ethyl adjacent to an activating group) is 1. The van der Waals surface area contributed by atoms with E-state index in [1.165, 1.54) is 9.80 Å². The number of carbonyl (C=O) groups excluding carboxylic acids is 2. The second-order valence-corrected chi connectivity index (χ2v) is 7.41. The van der Waals surface area contributed by atoms with Gasteiger partial charge in [0.1, 0.15) is 12.4 Å². The molecule has 1 saturated heterocycles. The number of carbonyl (C=O) groups is 2. The molecule has 1 unspecified atom stereocenters. The van der Waals surface area contributed by atoms with Crippen molar-refractivity contribution in [3.8, 4) is 11.8 Å². The van der Waals surface area contributed by atoms with Crippen LogP contribution < -0.4 is 0 Å². The van der Waals surface area contributed by atoms with Crippen molar-refractivity contribution in [2.24, 2.45) is 4.99 Å². The van der Waals surface area contributed by atoms with Crippen molar-refractivity contribution >= 4 is 49.4 Å². The summed E-state index contributed by atoms with van der Waals surface area (Å²) in [7, 11) is 1.61. The Morgan fingerprint density at radius 1 is 1.24 bits per heavy atom. The van der Waals surface area contributed by atoms with E-state index < -0.39 is 12.1 Å². The fourth-order valence-corrected chi connectivity index (χ4v) is 3.97. The molecule has 146 valence electrons. The zero-order valence-electron chi connectivity index (χ0n) is 16.2. The number of rotatable bonds is 3. The maximum Gasteiger partial charge on any atom is 0.365 e. The van der Waals surface area contributed by atoms with E-state index in [0.29, 0.717) is 22.9 Å². The molecule has 9 heteroatoms. The Morgan fingerprint density at radius 2 is 2.00 bits per heavy atom. The minimum Gasteiger partial charge on any atom is -0.269 e. The van der Waals surface area contributed by atoms with Gasteiger partial charge < -0.3 is 0 Å². The zero-order valence-corrected chi connectivity index (χ0v) is 17.8. The molecule has 0 spiro atoms. The molecule has 1 atom stereocenters. The number of imide groups is 1. The van der Waals surface area contributed by atoms with Crippen molar-refractivity contribution in [2.75, 3.05) is 13.6 Å². The number of aromatic nitrogens is 2. The fourth-order valence-electron chi connectivity index (χ4n) is 3.46. The molecule has 3 amide bonds. The highest BCUT2D eigenvalue weighted by atomic mass is 79.9. The number of amidine groups is 2. The third-order valence-corrected chi connectivity index (χ3v) is 5.56. The van der Waals surface area contributed by atoms with Gasteiger partial charge in [-0.1, -0.05) is 24.1 Å². The van der Waals surface area contributed by atoms with Crippen LogP contribution in [0.5, 0.6) is 0 Å². The fraction of sp³-hybridized carbons (Fsp3) is 0.300. The second-order valence-electron chi connectivity index (χ2n) is 6.70. The van der Waals surface area contributed by atoms with Crippen molar-refractivity contribution in [3.05, 3.63) is 35.8 Å². The van der Waals surface area contributed by atoms with Gasteiger partial charge in [-0.05, 0) is 24.9 Å². The van der Waals surface area contributed by atoms with E-state index >= 15 is 0 Å². The van der Waals surface area contributed by atoms with Crippen molar-refractivity contribution in [2.45, 2.75) is 26.4 Å². The Balaban J connectivity index is 1.69. The normalized spacial score (nSPS) is 18.8. The molecule has 29 heavy (non-hydrogen) atoms. The largest absolute Gasteiger partial charge is 0.365 e. The summed E-state index contributed by atoms with van der Waals surface area (Å²) in [5.41, 5.74) is 1.58. The molecule has 1 aromatic carbocycles. The molecule has 3 heterocycles. The number of para-hydroxylation sites is 1. The Morgan fingerprint density at radius 3 is 2.76 bits per heavy atom. The molecule has 0 saturated carbocycles. The number of benzene rings is 1. The molecule has 2 aromatic rings. The molecule has 1 aromatic heterocycles. The lowest BCUT2D eigenvalue weighted by atomic mass is 10.1. The summed E-state index contributed by atoms with van der Waals surface area (Å²) in [5.74, 6) is 6.20. The zero-order chi connectivity index (χ0) is 20.7. The van der Waals surface area contributed by atoms with Crippen LogP contribution in [0.3, 0.4) is 0 Å². The smallest absolute Gasteiger partial charge is 0.269 e. The lowest BCUT2D eigenvalue weighted by Crippen LogP contribution is -2.62. The minimum atomic E-state index is -0.713. The van der Waals surface area contributed by atoms with Crippen LogP contribution in [0.15, 0.2) is 29.3 Å². The van der Waals surface area contributed by atoms with Crippen LogP contribution >= 0.6 is 15.9 Å². The highest BCUT2D eigenvalue weighted by molar-refractivity contribution is 9.18. The Labute approximate surface area is 176 Å². The van der Waals surface area contributed by atoms with Gasteiger partial charge >= 0.3 is 10.8 Å². The lowest BCUT2D eigenvalue weighted by molar-refractivity contribution is -0.520. The van der Waals surface area contributed by atoms with Gasteiger partial charge in [0.15, 0.2) is 0 Å². The Hall–Kier alpha value is -3.12. The quantitative estimate of drug-likeness (QED) is 0.403. The van der Waals surface area contributed by atoms with Gasteiger partial charge in [0, 0.05) is 18.1 Å². The first kappa shape index (κ1) is 19.2. The number of hydrogen-bond donors (Lipinski definition) is 0. The van der Waals surface area contributed by atoms with E-state index in [4.69, 9.17) is 0 Å². The molecule has 1 fully saturated rings. The van der Waals surface area contributed by atoms with Gasteiger partial charge in [-0.25, -0.2) is 19.3 Å². The highest BCUT2D eigenvalue weighted by Crippen LogP contribution is 2.23. The number of nitrogens with zero attached hydrogens (tertiary/aromatic N) is 6. The number of aryl methyl sites for hydroxylation is 1. The summed E-state index contributed by atoms with van der Waals surface area (Å²) < 4.78 is 2.21. The first-order valence-corrected chi connectivity index (χ1v) is 9.80. The van der Waals surface area contributed by atoms with E-state index in [0.717, 1.165) is 16.6 Å². The Bertz CT molecular complexity index is 1180. The van der Waals surface area contributed by atoms with E-state index in [-0.39, 0.29) is 12.5 Å². The molecule has 4 rings (SSSR count). The molecule has 2 aliphatic rings. The van der Waals surface area contributed by atoms with Gasteiger partial charge in [0.25, 0.3) is 17.8 Å². The van der Waals surface area contributed by atoms with Crippen molar-refractivity contribution in [1.82, 2.24) is 19.8 Å². The molecule has 0 aliphatic carbocycles. The number of urea groups is 1. The first-order chi connectivity index (χ1) is 13.9. The van der Waals surface area contributed by atoms with Crippen molar-refractivity contribution < 1.29 is 14.2 Å². The van der Waals surface area contributed by atoms with Crippen molar-refractivity contribution in [1.29, 1.82) is 0 Å². The van der Waals surface area contributed by atoms with Crippen LogP contribution in [0.2, 0.25) is 0 Å². The van der Waals surface area contributed by atoms with Crippen LogP contribution in [0.25, 0.3) is 10.9 Å². The number of fused-ring (bicyclic) bond motifs is 2. The molecule has 8 nitrogen and oxygen atoms in total. The Kier molecular flexibility index (Phi) is 4.88. The van der Waals surface area contributed by atoms with E-state index in [9.17, 15) is 9.59 Å². The third-order valence-electron chi connectivity index (χ3n) is 4.93. The van der Waals surface area contributed by atoms with E-state index in [1.807, 2.05) is 31.2 Å². The number of halogens is 1. The maximum absolute atomic E-state index is 13.3. The van der Waals surface area contributed by atoms with Crippen LogP contribution in [-0.2, 0) is 11.3 Å². The summed E-state index contributed by atoms with van der Waals surface area (Å²) in [6.45, 7) is 3.93. The predicted octanol–water partition coefficient (Wildman–Crippen LogP) is 1.90. The van der Waals surface area contributed by atoms with Gasteiger partial charge in [-0.2, -0.15) is 0 Å². The van der Waals surface area contributed by atoms with E-state index in [2.05, 4.69) is 42.7 Å². The van der Waals surface area contributed by atoms with Crippen molar-refractivity contribution in [3.63, 3.8) is 0 Å². The van der Waals surface area contributed by atoms with Crippen LogP contribution in [0, 0.1) is 18.8 Å². The molecule has 2 aliphatic heterocycles. The van der Waals surface area contributed by atoms with Gasteiger partial charge in [-0.15, -0.1) is 5.92 Å². The van der Waals surface area contributed by atoms with Crippen LogP contribution in [0.4, 0.5) is 4.79 Å². The molecule has 0 bridgehead atoms. The molecule has 0 N–H and O–H groups in total. The monoisotopic (exact) mass is 453 g/mol. The van der Waals surface area contributed by atoms with Gasteiger partial charge in [0.2, 0.25) is 0 Å². The topological polar surface area (TPSA) is 81.8 Å². The van der Waals surface area contributed by atoms with Gasteiger partial charge in [-0.3, -0.25) is 14.6 Å². The summed E-state index contributed by atoms with van der Waals surface area (Å²) in [6, 6.07) is 6.48. The predicted molar refractivity (Wildman–Crippen MR) is 112 cm³/mol. The average Bonchev–Trinajstić information content (AvgIpc) is 3.04. The standard InChI is InChI=1S/C20H18BrN6O2/c1-4-5-10-26-16-17(24-19(26)21)25(3)20(29)27(18(16)28)11-15-22-12(2)13-8-6-7-9-14(13)23-15/h6-9,16H,10-11H2,1-3H3/q+1. The van der Waals surface area contributed by atoms with Gasteiger partial charge in [0.05, 0.1) is 28.0 Å². The minimum absolute atomic E-state index is 0.0115. The maximum atomic E-state index is 13.3. The number of aliphatic imine (C=N–C) groups is 1. The summed E-state index contributed by atoms with van der Waals surface area (Å²) in [4.78, 5) is 42.1. The molecule has 0 radical (unpaired) electrons. The third kappa shape index (κ3) is 3.19. The lowest BCUT2D eigenvalue weighted by Gasteiger charge is -2.32. The summed E-state index contributed by atoms with van der Waals surface area (Å²) in [6.07, 6.45) is 0. The number of hydrogen-bond acceptors (Lipinski definition) is 5. The highest BCUT2D eigenvalue weighted by Gasteiger charge is 2.53. The van der Waals surface area contributed by atoms with Crippen LogP contribution in [0.1, 0.15) is 18.4 Å². The summed E-state index contributed by atoms with van der Waals surface area (Å²) >= 11 is 3.38.